The summed E-state index contributed by atoms with van der Waals surface area (Å²) in [5.74, 6) is 0.352. The van der Waals surface area contributed by atoms with E-state index in [1.807, 2.05) is 18.4 Å². The molecule has 0 fully saturated rings. The van der Waals surface area contributed by atoms with Gasteiger partial charge in [0.2, 0.25) is 0 Å². The van der Waals surface area contributed by atoms with Crippen molar-refractivity contribution in [1.29, 1.82) is 0 Å². The zero-order chi connectivity index (χ0) is 22.3. The maximum atomic E-state index is 13.7. The second-order valence-electron chi connectivity index (χ2n) is 8.88. The monoisotopic (exact) mass is 480 g/mol. The van der Waals surface area contributed by atoms with Crippen molar-refractivity contribution in [2.75, 3.05) is 13.1 Å². The lowest BCUT2D eigenvalue weighted by molar-refractivity contribution is -0.118. The molecule has 7 nitrogen and oxygen atoms in total. The minimum Gasteiger partial charge on any atom is -0.443 e. The minimum atomic E-state index is -0.685. The van der Waals surface area contributed by atoms with Crippen molar-refractivity contribution < 1.29 is 18.7 Å². The number of hydrogen-bond acceptors (Lipinski definition) is 5. The molecule has 1 aromatic heterocycles. The van der Waals surface area contributed by atoms with Gasteiger partial charge >= 0.3 is 6.09 Å². The molecular formula is C21H26BrFN4O3. The number of nitrogens with zero attached hydrogens (tertiary/aromatic N) is 4. The van der Waals surface area contributed by atoms with Crippen LogP contribution in [-0.4, -0.2) is 50.6 Å². The van der Waals surface area contributed by atoms with Crippen LogP contribution in [0.5, 0.6) is 0 Å². The molecule has 0 aliphatic carbocycles. The Bertz CT molecular complexity index is 968. The summed E-state index contributed by atoms with van der Waals surface area (Å²) in [6.45, 7) is 9.98. The molecule has 0 atom stereocenters. The third-order valence-electron chi connectivity index (χ3n) is 4.68. The van der Waals surface area contributed by atoms with E-state index in [9.17, 15) is 14.0 Å². The summed E-state index contributed by atoms with van der Waals surface area (Å²) < 4.78 is 22.0. The highest BCUT2D eigenvalue weighted by Crippen LogP contribution is 2.37. The summed E-state index contributed by atoms with van der Waals surface area (Å²) in [5, 5.41) is 3.08. The van der Waals surface area contributed by atoms with Crippen molar-refractivity contribution in [2.45, 2.75) is 52.3 Å². The molecular weight excluding hydrogens is 455 g/mol. The van der Waals surface area contributed by atoms with E-state index >= 15 is 0 Å². The molecule has 1 amide bonds. The van der Waals surface area contributed by atoms with Crippen LogP contribution in [-0.2, 0) is 21.6 Å². The number of halogens is 2. The lowest BCUT2D eigenvalue weighted by Crippen LogP contribution is -2.56. The first kappa shape index (κ1) is 22.4. The molecule has 30 heavy (non-hydrogen) atoms. The number of hydrazine groups is 1. The number of benzene rings is 1. The number of amides is 1. The van der Waals surface area contributed by atoms with Gasteiger partial charge in [0, 0.05) is 12.1 Å². The number of ether oxygens (including phenoxy) is 1. The fourth-order valence-corrected chi connectivity index (χ4v) is 4.59. The molecule has 1 aliphatic heterocycles. The van der Waals surface area contributed by atoms with Crippen molar-refractivity contribution in [3.63, 3.8) is 0 Å². The fourth-order valence-electron chi connectivity index (χ4n) is 3.58. The number of hydrogen-bond donors (Lipinski definition) is 0. The van der Waals surface area contributed by atoms with Gasteiger partial charge in [-0.25, -0.2) is 24.2 Å². The zero-order valence-corrected chi connectivity index (χ0v) is 19.4. The van der Waals surface area contributed by atoms with Gasteiger partial charge in [-0.15, -0.1) is 0 Å². The van der Waals surface area contributed by atoms with E-state index < -0.39 is 17.2 Å². The molecule has 1 aromatic carbocycles. The second-order valence-corrected chi connectivity index (χ2v) is 9.63. The Morgan fingerprint density at radius 2 is 2.10 bits per heavy atom. The van der Waals surface area contributed by atoms with Crippen LogP contribution in [0.1, 0.15) is 40.4 Å². The molecule has 2 aromatic rings. The molecule has 0 unspecified atom stereocenters. The maximum absolute atomic E-state index is 13.7. The van der Waals surface area contributed by atoms with Gasteiger partial charge < -0.3 is 14.1 Å². The highest BCUT2D eigenvalue weighted by Gasteiger charge is 2.39. The van der Waals surface area contributed by atoms with Crippen LogP contribution in [0, 0.1) is 5.82 Å². The Labute approximate surface area is 183 Å². The molecule has 0 saturated heterocycles. The lowest BCUT2D eigenvalue weighted by atomic mass is 10.0. The Balaban J connectivity index is 1.99. The molecule has 0 N–H and O–H groups in total. The first-order valence-electron chi connectivity index (χ1n) is 9.65. The smallest absolute Gasteiger partial charge is 0.425 e. The SMILES string of the molecule is CC(C)(C)OC(=O)N(CC=O)N1Cc2nc(-c3cccc(F)c3)c(Br)n2C(C)(C)C1. The average molecular weight is 481 g/mol. The first-order valence-corrected chi connectivity index (χ1v) is 10.4. The molecule has 0 saturated carbocycles. The van der Waals surface area contributed by atoms with Crippen LogP contribution in [0.25, 0.3) is 11.3 Å². The van der Waals surface area contributed by atoms with E-state index in [1.54, 1.807) is 37.9 Å². The Hall–Kier alpha value is -2.26. The molecule has 0 bridgehead atoms. The van der Waals surface area contributed by atoms with E-state index in [1.165, 1.54) is 17.1 Å². The highest BCUT2D eigenvalue weighted by molar-refractivity contribution is 9.10. The normalized spacial score (nSPS) is 16.1. The van der Waals surface area contributed by atoms with Gasteiger partial charge in [0.25, 0.3) is 0 Å². The lowest BCUT2D eigenvalue weighted by Gasteiger charge is -2.44. The molecule has 1 aliphatic rings. The van der Waals surface area contributed by atoms with E-state index in [-0.39, 0.29) is 12.4 Å². The number of fused-ring (bicyclic) bond motifs is 1. The van der Waals surface area contributed by atoms with E-state index in [4.69, 9.17) is 9.72 Å². The number of aromatic nitrogens is 2. The number of aldehydes is 1. The zero-order valence-electron chi connectivity index (χ0n) is 17.8. The van der Waals surface area contributed by atoms with Gasteiger partial charge in [0.1, 0.15) is 33.8 Å². The number of imidazole rings is 1. The van der Waals surface area contributed by atoms with Gasteiger partial charge in [-0.05, 0) is 62.7 Å². The van der Waals surface area contributed by atoms with Crippen LogP contribution in [0.3, 0.4) is 0 Å². The Morgan fingerprint density at radius 3 is 2.70 bits per heavy atom. The minimum absolute atomic E-state index is 0.121. The predicted octanol–water partition coefficient (Wildman–Crippen LogP) is 4.35. The van der Waals surface area contributed by atoms with E-state index in [0.29, 0.717) is 36.5 Å². The largest absolute Gasteiger partial charge is 0.443 e. The molecule has 2 heterocycles. The van der Waals surface area contributed by atoms with E-state index in [2.05, 4.69) is 15.9 Å². The highest BCUT2D eigenvalue weighted by atomic mass is 79.9. The molecule has 9 heteroatoms. The fraction of sp³-hybridized carbons (Fsp3) is 0.476. The van der Waals surface area contributed by atoms with Gasteiger partial charge in [0.15, 0.2) is 0 Å². The van der Waals surface area contributed by atoms with Crippen molar-refractivity contribution >= 4 is 28.3 Å². The van der Waals surface area contributed by atoms with Gasteiger partial charge in [-0.2, -0.15) is 0 Å². The van der Waals surface area contributed by atoms with Crippen molar-refractivity contribution in [1.82, 2.24) is 19.6 Å². The summed E-state index contributed by atoms with van der Waals surface area (Å²) in [5.41, 5.74) is 0.130. The van der Waals surface area contributed by atoms with Crippen LogP contribution < -0.4 is 0 Å². The summed E-state index contributed by atoms with van der Waals surface area (Å²) in [4.78, 5) is 28.7. The third-order valence-corrected chi connectivity index (χ3v) is 5.41. The summed E-state index contributed by atoms with van der Waals surface area (Å²) >= 11 is 3.63. The molecule has 0 spiro atoms. The molecule has 162 valence electrons. The van der Waals surface area contributed by atoms with Crippen LogP contribution in [0.4, 0.5) is 9.18 Å². The average Bonchev–Trinajstić information content (AvgIpc) is 2.95. The van der Waals surface area contributed by atoms with Gasteiger partial charge in [-0.3, -0.25) is 0 Å². The maximum Gasteiger partial charge on any atom is 0.425 e. The first-order chi connectivity index (χ1) is 13.9. The summed E-state index contributed by atoms with van der Waals surface area (Å²) in [6, 6.07) is 6.26. The van der Waals surface area contributed by atoms with Crippen LogP contribution in [0.15, 0.2) is 28.9 Å². The summed E-state index contributed by atoms with van der Waals surface area (Å²) in [7, 11) is 0. The Kier molecular flexibility index (Phi) is 6.06. The van der Waals surface area contributed by atoms with Crippen molar-refractivity contribution in [3.8, 4) is 11.3 Å². The van der Waals surface area contributed by atoms with Crippen LogP contribution in [0.2, 0.25) is 0 Å². The van der Waals surface area contributed by atoms with Crippen molar-refractivity contribution in [2.24, 2.45) is 0 Å². The topological polar surface area (TPSA) is 67.7 Å². The van der Waals surface area contributed by atoms with Gasteiger partial charge in [-0.1, -0.05) is 12.1 Å². The van der Waals surface area contributed by atoms with Crippen molar-refractivity contribution in [3.05, 3.63) is 40.5 Å². The number of carbonyl (C=O) groups is 2. The molecule has 3 rings (SSSR count). The Morgan fingerprint density at radius 1 is 1.40 bits per heavy atom. The standard InChI is InChI=1S/C21H26BrFN4O3/c1-20(2,3)30-19(29)26(9-10-28)25-12-16-24-17(14-7-6-8-15(23)11-14)18(22)27(16)21(4,5)13-25/h6-8,10-11H,9,12-13H2,1-5H3. The number of carbonyl (C=O) groups excluding carboxylic acids is 2. The molecule has 0 radical (unpaired) electrons. The van der Waals surface area contributed by atoms with E-state index in [0.717, 1.165) is 4.60 Å². The number of rotatable bonds is 4. The quantitative estimate of drug-likeness (QED) is 0.608. The van der Waals surface area contributed by atoms with Crippen LogP contribution >= 0.6 is 15.9 Å². The predicted molar refractivity (Wildman–Crippen MR) is 114 cm³/mol. The summed E-state index contributed by atoms with van der Waals surface area (Å²) in [6.07, 6.45) is 0.0846. The second kappa shape index (κ2) is 8.11. The third kappa shape index (κ3) is 4.57. The van der Waals surface area contributed by atoms with Gasteiger partial charge in [0.05, 0.1) is 18.6 Å².